The van der Waals surface area contributed by atoms with Gasteiger partial charge in [0.05, 0.1) is 19.5 Å². The molecule has 3 aromatic rings. The van der Waals surface area contributed by atoms with Gasteiger partial charge in [0.1, 0.15) is 36.3 Å². The van der Waals surface area contributed by atoms with Gasteiger partial charge in [0.15, 0.2) is 17.7 Å². The molecule has 0 bridgehead atoms. The normalized spacial score (nSPS) is 20.9. The summed E-state index contributed by atoms with van der Waals surface area (Å²) in [7, 11) is -12.6. The number of aromatic nitrogens is 4. The fourth-order valence-electron chi connectivity index (χ4n) is 5.38. The second-order valence-corrected chi connectivity index (χ2v) is 19.4. The minimum atomic E-state index is -5.58. The number of nitrogens with two attached hydrogens (primary N) is 1. The minimum Gasteiger partial charge on any atom is -0.386 e. The molecule has 2 amide bonds. The molecule has 338 valence electrons. The van der Waals surface area contributed by atoms with Crippen LogP contribution in [-0.2, 0) is 50.7 Å². The number of imidazole rings is 1. The zero-order valence-corrected chi connectivity index (χ0v) is 36.5. The van der Waals surface area contributed by atoms with Crippen LogP contribution in [0.15, 0.2) is 43.0 Å². The number of ether oxygens (including phenoxy) is 1. The van der Waals surface area contributed by atoms with Crippen molar-refractivity contribution in [3.8, 4) is 0 Å². The molecule has 7 atom stereocenters. The summed E-state index contributed by atoms with van der Waals surface area (Å²) in [5, 5.41) is 26.2. The molecule has 4 rings (SSSR count). The first kappa shape index (κ1) is 50.0. The zero-order chi connectivity index (χ0) is 45.3. The van der Waals surface area contributed by atoms with Crippen molar-refractivity contribution in [2.24, 2.45) is 5.41 Å². The van der Waals surface area contributed by atoms with E-state index in [0.717, 1.165) is 40.2 Å². The number of fused-ring (bicyclic) bond motifs is 1. The second-order valence-electron chi connectivity index (χ2n) is 14.1. The Morgan fingerprint density at radius 2 is 1.70 bits per heavy atom. The Hall–Kier alpha value is -3.68. The summed E-state index contributed by atoms with van der Waals surface area (Å²) in [6.45, 7) is 0.417. The molecule has 3 heterocycles. The number of aliphatic hydroxyl groups excluding tert-OH is 2. The summed E-state index contributed by atoms with van der Waals surface area (Å²) >= 11 is 1.00. The molecule has 1 aromatic carbocycles. The lowest BCUT2D eigenvalue weighted by molar-refractivity contribution is -0.137. The number of carbonyl (C=O) groups is 3. The van der Waals surface area contributed by atoms with Crippen LogP contribution in [0.25, 0.3) is 17.2 Å². The number of hydrogen-bond donors (Lipinski definition) is 9. The third kappa shape index (κ3) is 15.0. The first-order valence-corrected chi connectivity index (χ1v) is 23.4. The van der Waals surface area contributed by atoms with E-state index in [1.54, 1.807) is 6.08 Å². The van der Waals surface area contributed by atoms with E-state index >= 15 is 0 Å². The van der Waals surface area contributed by atoms with Gasteiger partial charge in [-0.3, -0.25) is 32.5 Å². The predicted octanol–water partition coefficient (Wildman–Crippen LogP) is 0.444. The van der Waals surface area contributed by atoms with Gasteiger partial charge in [-0.05, 0) is 23.8 Å². The fourth-order valence-corrected chi connectivity index (χ4v) is 8.78. The molecule has 0 saturated carbocycles. The van der Waals surface area contributed by atoms with Crippen molar-refractivity contribution in [2.45, 2.75) is 50.9 Å². The number of nitrogen functional groups attached to an aromatic ring is 1. The minimum absolute atomic E-state index is 0.0278. The number of aliphatic hydroxyl groups is 2. The number of phosphoric ester groups is 3. The smallest absolute Gasteiger partial charge is 0.386 e. The highest BCUT2D eigenvalue weighted by atomic mass is 32.2. The molecule has 2 unspecified atom stereocenters. The van der Waals surface area contributed by atoms with Gasteiger partial charge in [-0.2, -0.15) is 4.31 Å². The van der Waals surface area contributed by atoms with Gasteiger partial charge < -0.3 is 55.8 Å². The predicted molar refractivity (Wildman–Crippen MR) is 217 cm³/mol. The lowest BCUT2D eigenvalue weighted by Crippen LogP contribution is -2.46. The number of nitrogens with zero attached hydrogens (tertiary/aromatic N) is 5. The summed E-state index contributed by atoms with van der Waals surface area (Å²) in [6.07, 6.45) is -3.86. The molecular formula is C32H47N8O17P3S. The van der Waals surface area contributed by atoms with E-state index in [-0.39, 0.29) is 47.4 Å². The van der Waals surface area contributed by atoms with Crippen LogP contribution in [0, 0.1) is 5.41 Å². The Balaban J connectivity index is 1.19. The Bertz CT molecular complexity index is 2190. The largest absolute Gasteiger partial charge is 0.481 e. The fraction of sp³-hybridized carbons (Fsp3) is 0.500. The molecule has 0 spiro atoms. The monoisotopic (exact) mass is 940 g/mol. The number of benzene rings is 1. The summed E-state index contributed by atoms with van der Waals surface area (Å²) in [5.41, 5.74) is 6.12. The molecular weight excluding hydrogens is 893 g/mol. The molecule has 2 aromatic heterocycles. The zero-order valence-electron chi connectivity index (χ0n) is 33.0. The van der Waals surface area contributed by atoms with E-state index in [0.29, 0.717) is 0 Å². The number of hydrogen-bond acceptors (Lipinski definition) is 19. The van der Waals surface area contributed by atoms with Crippen LogP contribution >= 0.6 is 35.2 Å². The Morgan fingerprint density at radius 1 is 1.03 bits per heavy atom. The van der Waals surface area contributed by atoms with Gasteiger partial charge in [0.2, 0.25) is 16.9 Å². The van der Waals surface area contributed by atoms with Crippen LogP contribution in [0.5, 0.6) is 0 Å². The second kappa shape index (κ2) is 21.1. The highest BCUT2D eigenvalue weighted by Gasteiger charge is 2.50. The molecule has 1 aliphatic rings. The number of rotatable bonds is 22. The van der Waals surface area contributed by atoms with E-state index in [9.17, 15) is 57.9 Å². The number of thioether (sulfide) groups is 1. The topological polar surface area (TPSA) is 367 Å². The van der Waals surface area contributed by atoms with E-state index in [2.05, 4.69) is 34.4 Å². The average molecular weight is 941 g/mol. The maximum atomic E-state index is 12.7. The molecule has 1 fully saturated rings. The van der Waals surface area contributed by atoms with Gasteiger partial charge in [-0.1, -0.05) is 43.8 Å². The average Bonchev–Trinajstić information content (AvgIpc) is 3.73. The first-order chi connectivity index (χ1) is 28.4. The first-order valence-electron chi connectivity index (χ1n) is 17.9. The van der Waals surface area contributed by atoms with Crippen LogP contribution in [0.2, 0.25) is 0 Å². The van der Waals surface area contributed by atoms with Crippen molar-refractivity contribution in [1.29, 1.82) is 0 Å². The number of carbonyl (C=O) groups excluding carboxylic acids is 3. The lowest BCUT2D eigenvalue weighted by atomic mass is 9.87. The molecule has 1 saturated heterocycles. The maximum Gasteiger partial charge on any atom is 0.481 e. The molecule has 25 nitrogen and oxygen atoms in total. The van der Waals surface area contributed by atoms with Crippen LogP contribution in [0.1, 0.15) is 32.1 Å². The standard InChI is InChI=1S/C32H47N8O17P3S/c1-32(2,27(44)30(45)35-12-11-22(41)34-13-14-61-23(42)10-7-19-5-8-20(9-6-19)39(3)4)16-54-60(51,52)57-59(49,50)53-15-21-26(56-58(46,47)48)25(43)31(55-21)40-18-38-24-28(33)36-17-37-29(24)40/h5-10,17-18,21,25-27,31,43-44H,11-16H2,1-4H3,(H,34,41)(H,35,45)(H,49,50)(H,51,52)(H2,33,36,37)(H2,46,47,48)/b10-7-/t21-,25-,26-,27+,31-/m1/s1. The summed E-state index contributed by atoms with van der Waals surface area (Å²) in [4.78, 5) is 90.0. The highest BCUT2D eigenvalue weighted by Crippen LogP contribution is 2.61. The number of phosphoric acid groups is 3. The Labute approximate surface area is 352 Å². The number of amides is 2. The molecule has 61 heavy (non-hydrogen) atoms. The van der Waals surface area contributed by atoms with Gasteiger partial charge in [-0.15, -0.1) is 0 Å². The van der Waals surface area contributed by atoms with E-state index in [4.69, 9.17) is 19.5 Å². The third-order valence-corrected chi connectivity index (χ3v) is 12.5. The van der Waals surface area contributed by atoms with Gasteiger partial charge in [0.25, 0.3) is 0 Å². The van der Waals surface area contributed by atoms with Crippen molar-refractivity contribution in [3.05, 3.63) is 48.6 Å². The van der Waals surface area contributed by atoms with Crippen molar-refractivity contribution >= 4 is 80.9 Å². The van der Waals surface area contributed by atoms with Crippen molar-refractivity contribution in [1.82, 2.24) is 30.2 Å². The van der Waals surface area contributed by atoms with Crippen LogP contribution < -0.4 is 21.3 Å². The highest BCUT2D eigenvalue weighted by molar-refractivity contribution is 8.14. The van der Waals surface area contributed by atoms with E-state index < -0.39 is 84.6 Å². The Kier molecular flexibility index (Phi) is 17.3. The van der Waals surface area contributed by atoms with E-state index in [1.807, 2.05) is 43.3 Å². The van der Waals surface area contributed by atoms with Crippen LogP contribution in [0.4, 0.5) is 11.5 Å². The Morgan fingerprint density at radius 3 is 2.36 bits per heavy atom. The van der Waals surface area contributed by atoms with Crippen molar-refractivity contribution < 1.29 is 80.5 Å². The molecule has 0 aliphatic carbocycles. The summed E-state index contributed by atoms with van der Waals surface area (Å²) < 4.78 is 62.2. The number of nitrogens with one attached hydrogen (secondary N) is 2. The SMILES string of the molecule is CN(C)c1ccc(/C=C\C(=O)SCCNC(=O)CCNC(=O)[C@H](O)C(C)(C)COP(=O)(O)OP(=O)(O)OC[C@H]2O[C@@H](n3cnc4c(N)ncnc43)[C@H](O)[C@@H]2OP(=O)(O)O)cc1. The molecule has 10 N–H and O–H groups in total. The van der Waals surface area contributed by atoms with Gasteiger partial charge >= 0.3 is 23.5 Å². The molecule has 0 radical (unpaired) electrons. The van der Waals surface area contributed by atoms with Crippen molar-refractivity contribution in [3.63, 3.8) is 0 Å². The summed E-state index contributed by atoms with van der Waals surface area (Å²) in [5.74, 6) is -1.20. The van der Waals surface area contributed by atoms with Crippen molar-refractivity contribution in [2.75, 3.05) is 56.8 Å². The summed E-state index contributed by atoms with van der Waals surface area (Å²) in [6, 6.07) is 7.60. The van der Waals surface area contributed by atoms with Gasteiger partial charge in [-0.25, -0.2) is 28.6 Å². The van der Waals surface area contributed by atoms with Crippen LogP contribution in [-0.4, -0.2) is 137 Å². The third-order valence-electron chi connectivity index (χ3n) is 8.57. The quantitative estimate of drug-likeness (QED) is 0.0375. The van der Waals surface area contributed by atoms with Gasteiger partial charge in [0, 0.05) is 50.5 Å². The maximum absolute atomic E-state index is 12.7. The lowest BCUT2D eigenvalue weighted by Gasteiger charge is -2.30. The van der Waals surface area contributed by atoms with E-state index in [1.165, 1.54) is 19.9 Å². The molecule has 29 heteroatoms. The number of anilines is 2. The van der Waals surface area contributed by atoms with Crippen LogP contribution in [0.3, 0.4) is 0 Å². The molecule has 1 aliphatic heterocycles.